The van der Waals surface area contributed by atoms with Crippen LogP contribution >= 0.6 is 11.6 Å². The number of aryl methyl sites for hydroxylation is 2. The average Bonchev–Trinajstić information content (AvgIpc) is 2.49. The molecular weight excluding hydrogens is 312 g/mol. The van der Waals surface area contributed by atoms with Crippen molar-refractivity contribution in [3.05, 3.63) is 64.2 Å². The minimum Gasteiger partial charge on any atom is -0.323 e. The second-order valence-electron chi connectivity index (χ2n) is 5.27. The first kappa shape index (κ1) is 16.7. The monoisotopic (exact) mass is 326 g/mol. The van der Waals surface area contributed by atoms with Crippen molar-refractivity contribution in [2.75, 3.05) is 5.32 Å². The van der Waals surface area contributed by atoms with E-state index in [-0.39, 0.29) is 0 Å². The summed E-state index contributed by atoms with van der Waals surface area (Å²) in [7, 11) is 0. The van der Waals surface area contributed by atoms with Crippen molar-refractivity contribution in [1.29, 1.82) is 5.26 Å². The lowest BCUT2D eigenvalue weighted by Crippen LogP contribution is -2.28. The Labute approximate surface area is 139 Å². The SMILES string of the molecule is Cc1cc(C)cc(C(=O)C(C#N)C(=O)Nc2ccccc2Cl)c1. The molecule has 0 radical (unpaired) electrons. The first-order chi connectivity index (χ1) is 10.9. The Bertz CT molecular complexity index is 789. The predicted molar refractivity (Wildman–Crippen MR) is 89.4 cm³/mol. The van der Waals surface area contributed by atoms with Crippen LogP contribution in [0.3, 0.4) is 0 Å². The molecule has 23 heavy (non-hydrogen) atoms. The van der Waals surface area contributed by atoms with Gasteiger partial charge < -0.3 is 5.32 Å². The summed E-state index contributed by atoms with van der Waals surface area (Å²) in [6.07, 6.45) is 0. The number of carbonyl (C=O) groups excluding carboxylic acids is 2. The number of rotatable bonds is 4. The summed E-state index contributed by atoms with van der Waals surface area (Å²) >= 11 is 5.97. The van der Waals surface area contributed by atoms with E-state index in [1.54, 1.807) is 42.5 Å². The van der Waals surface area contributed by atoms with Crippen LogP contribution in [0, 0.1) is 31.1 Å². The average molecular weight is 327 g/mol. The molecule has 0 bridgehead atoms. The third-order valence-electron chi connectivity index (χ3n) is 3.29. The fourth-order valence-corrected chi connectivity index (χ4v) is 2.47. The van der Waals surface area contributed by atoms with Crippen molar-refractivity contribution in [3.8, 4) is 6.07 Å². The predicted octanol–water partition coefficient (Wildman–Crippen LogP) is 3.92. The van der Waals surface area contributed by atoms with Crippen LogP contribution in [0.5, 0.6) is 0 Å². The Kier molecular flexibility index (Phi) is 5.15. The van der Waals surface area contributed by atoms with Gasteiger partial charge in [-0.1, -0.05) is 40.9 Å². The summed E-state index contributed by atoms with van der Waals surface area (Å²) < 4.78 is 0. The van der Waals surface area contributed by atoms with Crippen LogP contribution < -0.4 is 5.32 Å². The van der Waals surface area contributed by atoms with Gasteiger partial charge >= 0.3 is 0 Å². The number of hydrogen-bond acceptors (Lipinski definition) is 3. The largest absolute Gasteiger partial charge is 0.323 e. The maximum atomic E-state index is 12.5. The van der Waals surface area contributed by atoms with Gasteiger partial charge in [-0.15, -0.1) is 0 Å². The molecule has 0 aliphatic rings. The van der Waals surface area contributed by atoms with E-state index in [0.717, 1.165) is 11.1 Å². The van der Waals surface area contributed by atoms with Crippen LogP contribution in [-0.2, 0) is 4.79 Å². The van der Waals surface area contributed by atoms with E-state index in [2.05, 4.69) is 5.32 Å². The van der Waals surface area contributed by atoms with Gasteiger partial charge in [-0.3, -0.25) is 9.59 Å². The number of hydrogen-bond donors (Lipinski definition) is 1. The van der Waals surface area contributed by atoms with E-state index in [1.807, 2.05) is 19.9 Å². The van der Waals surface area contributed by atoms with E-state index in [4.69, 9.17) is 11.6 Å². The lowest BCUT2D eigenvalue weighted by molar-refractivity contribution is -0.117. The van der Waals surface area contributed by atoms with Gasteiger partial charge in [-0.2, -0.15) is 5.26 Å². The Hall–Kier alpha value is -2.64. The molecule has 2 aromatic carbocycles. The molecular formula is C18H15ClN2O2. The second kappa shape index (κ2) is 7.08. The molecule has 5 heteroatoms. The zero-order chi connectivity index (χ0) is 17.0. The Balaban J connectivity index is 2.25. The van der Waals surface area contributed by atoms with Crippen LogP contribution in [0.25, 0.3) is 0 Å². The van der Waals surface area contributed by atoms with E-state index < -0.39 is 17.6 Å². The summed E-state index contributed by atoms with van der Waals surface area (Å²) in [6, 6.07) is 13.7. The van der Waals surface area contributed by atoms with Gasteiger partial charge in [-0.25, -0.2) is 0 Å². The molecule has 116 valence electrons. The molecule has 0 saturated carbocycles. The fourth-order valence-electron chi connectivity index (χ4n) is 2.29. The molecule has 1 unspecified atom stereocenters. The van der Waals surface area contributed by atoms with Crippen LogP contribution in [-0.4, -0.2) is 11.7 Å². The van der Waals surface area contributed by atoms with Crippen LogP contribution in [0.4, 0.5) is 5.69 Å². The van der Waals surface area contributed by atoms with E-state index >= 15 is 0 Å². The summed E-state index contributed by atoms with van der Waals surface area (Å²) in [4.78, 5) is 24.7. The number of nitrogens with zero attached hydrogens (tertiary/aromatic N) is 1. The van der Waals surface area contributed by atoms with E-state index in [0.29, 0.717) is 16.3 Å². The highest BCUT2D eigenvalue weighted by atomic mass is 35.5. The molecule has 0 saturated heterocycles. The highest BCUT2D eigenvalue weighted by molar-refractivity contribution is 6.34. The minimum atomic E-state index is -1.42. The highest BCUT2D eigenvalue weighted by Gasteiger charge is 2.28. The topological polar surface area (TPSA) is 70.0 Å². The van der Waals surface area contributed by atoms with Crippen molar-refractivity contribution in [1.82, 2.24) is 0 Å². The smallest absolute Gasteiger partial charge is 0.249 e. The van der Waals surface area contributed by atoms with Crippen LogP contribution in [0.2, 0.25) is 5.02 Å². The molecule has 1 atom stereocenters. The Morgan fingerprint density at radius 1 is 1.13 bits per heavy atom. The van der Waals surface area contributed by atoms with Crippen LogP contribution in [0.1, 0.15) is 21.5 Å². The van der Waals surface area contributed by atoms with Crippen molar-refractivity contribution in [2.24, 2.45) is 5.92 Å². The van der Waals surface area contributed by atoms with Crippen molar-refractivity contribution < 1.29 is 9.59 Å². The molecule has 0 fully saturated rings. The van der Waals surface area contributed by atoms with Crippen molar-refractivity contribution in [2.45, 2.75) is 13.8 Å². The molecule has 0 heterocycles. The summed E-state index contributed by atoms with van der Waals surface area (Å²) in [5.41, 5.74) is 2.52. The molecule has 0 spiro atoms. The first-order valence-corrected chi connectivity index (χ1v) is 7.37. The number of nitrogens with one attached hydrogen (secondary N) is 1. The number of ketones is 1. The normalized spacial score (nSPS) is 11.4. The molecule has 0 aromatic heterocycles. The maximum absolute atomic E-state index is 12.5. The van der Waals surface area contributed by atoms with Gasteiger partial charge in [0.25, 0.3) is 0 Å². The van der Waals surface area contributed by atoms with Crippen molar-refractivity contribution >= 4 is 29.0 Å². The van der Waals surface area contributed by atoms with Gasteiger partial charge in [-0.05, 0) is 38.1 Å². The Morgan fingerprint density at radius 3 is 2.30 bits per heavy atom. The fraction of sp³-hybridized carbons (Fsp3) is 0.167. The summed E-state index contributed by atoms with van der Waals surface area (Å²) in [6.45, 7) is 3.71. The molecule has 1 N–H and O–H groups in total. The highest BCUT2D eigenvalue weighted by Crippen LogP contribution is 2.22. The van der Waals surface area contributed by atoms with Gasteiger partial charge in [0.05, 0.1) is 16.8 Å². The van der Waals surface area contributed by atoms with Gasteiger partial charge in [0.1, 0.15) is 0 Å². The van der Waals surface area contributed by atoms with Gasteiger partial charge in [0.15, 0.2) is 11.7 Å². The second-order valence-corrected chi connectivity index (χ2v) is 5.68. The molecule has 2 rings (SSSR count). The number of carbonyl (C=O) groups is 2. The molecule has 0 aliphatic carbocycles. The van der Waals surface area contributed by atoms with Gasteiger partial charge in [0.2, 0.25) is 5.91 Å². The zero-order valence-electron chi connectivity index (χ0n) is 12.8. The zero-order valence-corrected chi connectivity index (χ0v) is 13.5. The number of para-hydroxylation sites is 1. The van der Waals surface area contributed by atoms with Gasteiger partial charge in [0, 0.05) is 5.56 Å². The van der Waals surface area contributed by atoms with Crippen LogP contribution in [0.15, 0.2) is 42.5 Å². The number of nitriles is 1. The first-order valence-electron chi connectivity index (χ1n) is 7.00. The van der Waals surface area contributed by atoms with E-state index in [9.17, 15) is 14.9 Å². The lowest BCUT2D eigenvalue weighted by Gasteiger charge is -2.11. The number of benzene rings is 2. The minimum absolute atomic E-state index is 0.344. The maximum Gasteiger partial charge on any atom is 0.249 e. The summed E-state index contributed by atoms with van der Waals surface area (Å²) in [5, 5.41) is 12.1. The Morgan fingerprint density at radius 2 is 1.74 bits per heavy atom. The molecule has 4 nitrogen and oxygen atoms in total. The number of anilines is 1. The molecule has 2 aromatic rings. The molecule has 1 amide bonds. The third-order valence-corrected chi connectivity index (χ3v) is 3.62. The summed E-state index contributed by atoms with van der Waals surface area (Å²) in [5.74, 6) is -2.64. The van der Waals surface area contributed by atoms with E-state index in [1.165, 1.54) is 0 Å². The molecule has 0 aliphatic heterocycles. The number of amides is 1. The third kappa shape index (κ3) is 3.97. The van der Waals surface area contributed by atoms with Crippen molar-refractivity contribution in [3.63, 3.8) is 0 Å². The lowest BCUT2D eigenvalue weighted by atomic mass is 9.95. The number of Topliss-reactive ketones (excluding diaryl/α,β-unsaturated/α-hetero) is 1. The number of halogens is 1. The standard InChI is InChI=1S/C18H15ClN2O2/c1-11-7-12(2)9-13(8-11)17(22)14(10-20)18(23)21-16-6-4-3-5-15(16)19/h3-9,14H,1-2H3,(H,21,23). The quantitative estimate of drug-likeness (QED) is 0.684.